The van der Waals surface area contributed by atoms with E-state index in [2.05, 4.69) is 5.16 Å². The summed E-state index contributed by atoms with van der Waals surface area (Å²) in [5, 5.41) is 12.5. The molecule has 1 aromatic heterocycles. The van der Waals surface area contributed by atoms with Gasteiger partial charge in [0.25, 0.3) is 0 Å². The molecule has 0 amide bonds. The topological polar surface area (TPSA) is 81.8 Å². The molecule has 1 aromatic carbocycles. The van der Waals surface area contributed by atoms with E-state index in [0.717, 1.165) is 11.1 Å². The Morgan fingerprint density at radius 3 is 2.94 bits per heavy atom. The van der Waals surface area contributed by atoms with Crippen LogP contribution < -0.4 is 9.47 Å². The molecule has 0 aliphatic carbocycles. The summed E-state index contributed by atoms with van der Waals surface area (Å²) in [6.07, 6.45) is 0. The molecule has 0 saturated heterocycles. The van der Waals surface area contributed by atoms with E-state index < -0.39 is 5.97 Å². The lowest BCUT2D eigenvalue weighted by molar-refractivity contribution is 0.0652. The standard InChI is InChI=1S/C12H9NO5/c1-6-7(2-3-9-11(6)17-5-16-9)8-4-10(12(14)15)18-13-8/h2-4H,5H2,1H3,(H,14,15). The molecule has 0 radical (unpaired) electrons. The number of hydrogen-bond donors (Lipinski definition) is 1. The van der Waals surface area contributed by atoms with E-state index in [4.69, 9.17) is 19.1 Å². The molecule has 6 nitrogen and oxygen atoms in total. The van der Waals surface area contributed by atoms with Crippen LogP contribution in [0.25, 0.3) is 11.3 Å². The Hall–Kier alpha value is -2.50. The fraction of sp³-hybridized carbons (Fsp3) is 0.167. The summed E-state index contributed by atoms with van der Waals surface area (Å²) in [6.45, 7) is 2.05. The van der Waals surface area contributed by atoms with Crippen LogP contribution in [0.1, 0.15) is 16.1 Å². The molecule has 92 valence electrons. The Bertz CT molecular complexity index is 631. The number of benzene rings is 1. The number of carbonyl (C=O) groups is 1. The molecule has 6 heteroatoms. The number of ether oxygens (including phenoxy) is 2. The zero-order chi connectivity index (χ0) is 12.7. The maximum atomic E-state index is 10.7. The highest BCUT2D eigenvalue weighted by Gasteiger charge is 2.21. The third-order valence-corrected chi connectivity index (χ3v) is 2.78. The van der Waals surface area contributed by atoms with Gasteiger partial charge in [0.1, 0.15) is 5.69 Å². The lowest BCUT2D eigenvalue weighted by atomic mass is 10.0. The number of hydrogen-bond acceptors (Lipinski definition) is 5. The van der Waals surface area contributed by atoms with E-state index in [0.29, 0.717) is 17.2 Å². The van der Waals surface area contributed by atoms with Crippen molar-refractivity contribution in [1.29, 1.82) is 0 Å². The summed E-state index contributed by atoms with van der Waals surface area (Å²) in [4.78, 5) is 10.7. The smallest absolute Gasteiger partial charge is 0.374 e. The van der Waals surface area contributed by atoms with Gasteiger partial charge >= 0.3 is 5.97 Å². The summed E-state index contributed by atoms with van der Waals surface area (Å²) >= 11 is 0. The van der Waals surface area contributed by atoms with Crippen LogP contribution in [-0.4, -0.2) is 23.0 Å². The maximum Gasteiger partial charge on any atom is 0.374 e. The fourth-order valence-corrected chi connectivity index (χ4v) is 1.89. The van der Waals surface area contributed by atoms with Gasteiger partial charge in [-0.25, -0.2) is 4.79 Å². The van der Waals surface area contributed by atoms with Crippen LogP contribution in [0.3, 0.4) is 0 Å². The highest BCUT2D eigenvalue weighted by Crippen LogP contribution is 2.40. The molecule has 0 fully saturated rings. The predicted molar refractivity (Wildman–Crippen MR) is 59.8 cm³/mol. The molecule has 18 heavy (non-hydrogen) atoms. The van der Waals surface area contributed by atoms with Crippen LogP contribution in [0, 0.1) is 6.92 Å². The van der Waals surface area contributed by atoms with Crippen molar-refractivity contribution in [1.82, 2.24) is 5.16 Å². The van der Waals surface area contributed by atoms with E-state index >= 15 is 0 Å². The zero-order valence-corrected chi connectivity index (χ0v) is 9.47. The number of rotatable bonds is 2. The first-order chi connectivity index (χ1) is 8.66. The minimum absolute atomic E-state index is 0.193. The first-order valence-corrected chi connectivity index (χ1v) is 5.26. The second-order valence-electron chi connectivity index (χ2n) is 3.85. The zero-order valence-electron chi connectivity index (χ0n) is 9.47. The van der Waals surface area contributed by atoms with Crippen molar-refractivity contribution in [2.75, 3.05) is 6.79 Å². The molecule has 0 atom stereocenters. The minimum atomic E-state index is -1.15. The summed E-state index contributed by atoms with van der Waals surface area (Å²) < 4.78 is 15.3. The molecular formula is C12H9NO5. The molecular weight excluding hydrogens is 238 g/mol. The highest BCUT2D eigenvalue weighted by molar-refractivity contribution is 5.86. The van der Waals surface area contributed by atoms with Crippen LogP contribution >= 0.6 is 0 Å². The number of nitrogens with zero attached hydrogens (tertiary/aromatic N) is 1. The van der Waals surface area contributed by atoms with Crippen LogP contribution in [0.15, 0.2) is 22.7 Å². The van der Waals surface area contributed by atoms with Gasteiger partial charge < -0.3 is 19.1 Å². The number of aromatic carboxylic acids is 1. The van der Waals surface area contributed by atoms with Crippen LogP contribution in [-0.2, 0) is 0 Å². The van der Waals surface area contributed by atoms with Crippen molar-refractivity contribution < 1.29 is 23.9 Å². The fourth-order valence-electron chi connectivity index (χ4n) is 1.89. The molecule has 3 rings (SSSR count). The normalized spacial score (nSPS) is 12.7. The SMILES string of the molecule is Cc1c(-c2cc(C(=O)O)on2)ccc2c1OCO2. The number of fused-ring (bicyclic) bond motifs is 1. The van der Waals surface area contributed by atoms with Gasteiger partial charge in [-0.15, -0.1) is 0 Å². The van der Waals surface area contributed by atoms with Gasteiger partial charge in [0, 0.05) is 17.2 Å². The molecule has 2 heterocycles. The first kappa shape index (κ1) is 10.6. The van der Waals surface area contributed by atoms with Gasteiger partial charge in [0.2, 0.25) is 12.6 Å². The van der Waals surface area contributed by atoms with Crippen molar-refractivity contribution in [3.63, 3.8) is 0 Å². The number of carboxylic acids is 1. The summed E-state index contributed by atoms with van der Waals surface area (Å²) in [6, 6.07) is 4.94. The van der Waals surface area contributed by atoms with E-state index in [1.54, 1.807) is 12.1 Å². The van der Waals surface area contributed by atoms with Gasteiger partial charge in [0.15, 0.2) is 11.5 Å². The second-order valence-corrected chi connectivity index (χ2v) is 3.85. The Morgan fingerprint density at radius 2 is 2.22 bits per heavy atom. The van der Waals surface area contributed by atoms with Crippen molar-refractivity contribution in [3.8, 4) is 22.8 Å². The van der Waals surface area contributed by atoms with Crippen LogP contribution in [0.4, 0.5) is 0 Å². The van der Waals surface area contributed by atoms with Crippen molar-refractivity contribution in [2.24, 2.45) is 0 Å². The third kappa shape index (κ3) is 1.50. The highest BCUT2D eigenvalue weighted by atomic mass is 16.7. The molecule has 1 N–H and O–H groups in total. The summed E-state index contributed by atoms with van der Waals surface area (Å²) in [5.41, 5.74) is 2.06. The Labute approximate surface area is 102 Å². The Balaban J connectivity index is 2.09. The molecule has 1 aliphatic rings. The first-order valence-electron chi connectivity index (χ1n) is 5.26. The van der Waals surface area contributed by atoms with E-state index in [9.17, 15) is 4.79 Å². The number of aromatic nitrogens is 1. The van der Waals surface area contributed by atoms with E-state index in [1.807, 2.05) is 6.92 Å². The second kappa shape index (κ2) is 3.76. The largest absolute Gasteiger partial charge is 0.475 e. The van der Waals surface area contributed by atoms with Gasteiger partial charge in [0.05, 0.1) is 0 Å². The van der Waals surface area contributed by atoms with Crippen LogP contribution in [0.5, 0.6) is 11.5 Å². The average molecular weight is 247 g/mol. The molecule has 0 saturated carbocycles. The third-order valence-electron chi connectivity index (χ3n) is 2.78. The van der Waals surface area contributed by atoms with Gasteiger partial charge in [-0.2, -0.15) is 0 Å². The lowest BCUT2D eigenvalue weighted by Crippen LogP contribution is -1.93. The van der Waals surface area contributed by atoms with Crippen molar-refractivity contribution >= 4 is 5.97 Å². The predicted octanol–water partition coefficient (Wildman–Crippen LogP) is 2.08. The van der Waals surface area contributed by atoms with E-state index in [-0.39, 0.29) is 12.6 Å². The summed E-state index contributed by atoms with van der Waals surface area (Å²) in [5.74, 6) is -0.000193. The molecule has 2 aromatic rings. The van der Waals surface area contributed by atoms with Crippen LogP contribution in [0.2, 0.25) is 0 Å². The molecule has 0 spiro atoms. The van der Waals surface area contributed by atoms with Gasteiger partial charge in [-0.05, 0) is 19.1 Å². The molecule has 0 unspecified atom stereocenters. The van der Waals surface area contributed by atoms with Crippen molar-refractivity contribution in [3.05, 3.63) is 29.5 Å². The Morgan fingerprint density at radius 1 is 1.39 bits per heavy atom. The molecule has 0 bridgehead atoms. The minimum Gasteiger partial charge on any atom is -0.475 e. The monoisotopic (exact) mass is 247 g/mol. The lowest BCUT2D eigenvalue weighted by Gasteiger charge is -2.05. The maximum absolute atomic E-state index is 10.7. The quantitative estimate of drug-likeness (QED) is 0.874. The average Bonchev–Trinajstić information content (AvgIpc) is 2.97. The van der Waals surface area contributed by atoms with Crippen molar-refractivity contribution in [2.45, 2.75) is 6.92 Å². The van der Waals surface area contributed by atoms with Gasteiger partial charge in [-0.1, -0.05) is 5.16 Å². The van der Waals surface area contributed by atoms with E-state index in [1.165, 1.54) is 6.07 Å². The molecule has 1 aliphatic heterocycles. The summed E-state index contributed by atoms with van der Waals surface area (Å²) in [7, 11) is 0. The van der Waals surface area contributed by atoms with Gasteiger partial charge in [-0.3, -0.25) is 0 Å². The Kier molecular flexibility index (Phi) is 2.22. The number of carboxylic acid groups (broad SMARTS) is 1.